The Kier molecular flexibility index (Phi) is 4.96. The second-order valence-corrected chi connectivity index (χ2v) is 6.56. The molecule has 3 nitrogen and oxygen atoms in total. The van der Waals surface area contributed by atoms with Gasteiger partial charge in [0.1, 0.15) is 5.75 Å². The molecule has 118 valence electrons. The molecule has 0 amide bonds. The third kappa shape index (κ3) is 3.73. The minimum absolute atomic E-state index is 0.0308. The highest BCUT2D eigenvalue weighted by atomic mass is 16.3. The van der Waals surface area contributed by atoms with Gasteiger partial charge in [-0.3, -0.25) is 0 Å². The van der Waals surface area contributed by atoms with Crippen LogP contribution in [0.25, 0.3) is 11.3 Å². The summed E-state index contributed by atoms with van der Waals surface area (Å²) in [6, 6.07) is 8.09. The molecule has 2 rings (SSSR count). The van der Waals surface area contributed by atoms with E-state index in [4.69, 9.17) is 0 Å². The molecule has 0 saturated heterocycles. The minimum atomic E-state index is 0.0308. The van der Waals surface area contributed by atoms with Gasteiger partial charge in [0.15, 0.2) is 0 Å². The summed E-state index contributed by atoms with van der Waals surface area (Å²) in [7, 11) is 0. The van der Waals surface area contributed by atoms with Crippen LogP contribution in [0, 0.1) is 0 Å². The van der Waals surface area contributed by atoms with Crippen molar-refractivity contribution >= 4 is 0 Å². The molecule has 0 saturated carbocycles. The van der Waals surface area contributed by atoms with Crippen LogP contribution in [0.3, 0.4) is 0 Å². The van der Waals surface area contributed by atoms with Crippen LogP contribution >= 0.6 is 0 Å². The smallest absolute Gasteiger partial charge is 0.129 e. The average molecular weight is 298 g/mol. The molecule has 0 bridgehead atoms. The van der Waals surface area contributed by atoms with Gasteiger partial charge in [0.05, 0.1) is 0 Å². The molecule has 0 aliphatic rings. The van der Waals surface area contributed by atoms with E-state index < -0.39 is 0 Å². The number of aromatic nitrogens is 1. The van der Waals surface area contributed by atoms with E-state index in [1.807, 2.05) is 24.5 Å². The van der Waals surface area contributed by atoms with Crippen LogP contribution in [-0.4, -0.2) is 10.1 Å². The number of hydrogen-bond donors (Lipinski definition) is 3. The van der Waals surface area contributed by atoms with E-state index >= 15 is 0 Å². The summed E-state index contributed by atoms with van der Waals surface area (Å²) in [5, 5.41) is 13.9. The fourth-order valence-electron chi connectivity index (χ4n) is 2.34. The van der Waals surface area contributed by atoms with Crippen molar-refractivity contribution in [1.82, 2.24) is 10.3 Å². The number of hydrogen-bond acceptors (Lipinski definition) is 2. The van der Waals surface area contributed by atoms with Crippen LogP contribution in [-0.2, 0) is 12.0 Å². The maximum absolute atomic E-state index is 10.6. The Balaban J connectivity index is 2.43. The Morgan fingerprint density at radius 1 is 1.27 bits per heavy atom. The van der Waals surface area contributed by atoms with Gasteiger partial charge in [-0.1, -0.05) is 33.8 Å². The molecule has 22 heavy (non-hydrogen) atoms. The Hall–Kier alpha value is -2.16. The van der Waals surface area contributed by atoms with Gasteiger partial charge < -0.3 is 15.4 Å². The van der Waals surface area contributed by atoms with Gasteiger partial charge in [0.25, 0.3) is 0 Å². The molecule has 3 N–H and O–H groups in total. The number of H-pyrrole nitrogens is 1. The first-order valence-electron chi connectivity index (χ1n) is 7.82. The minimum Gasteiger partial charge on any atom is -0.507 e. The van der Waals surface area contributed by atoms with Gasteiger partial charge in [-0.2, -0.15) is 0 Å². The lowest BCUT2D eigenvalue weighted by Crippen LogP contribution is -2.13. The van der Waals surface area contributed by atoms with E-state index in [2.05, 4.69) is 56.2 Å². The van der Waals surface area contributed by atoms with Crippen molar-refractivity contribution in [2.75, 3.05) is 0 Å². The first kappa shape index (κ1) is 16.2. The van der Waals surface area contributed by atoms with Gasteiger partial charge in [0.2, 0.25) is 0 Å². The topological polar surface area (TPSA) is 48.0 Å². The molecule has 0 atom stereocenters. The second-order valence-electron chi connectivity index (χ2n) is 6.56. The standard InChI is InChI=1S/C19H26N2O/c1-5-6-9-20-13-14-11-15(19(2,3)4)12-16(18(14)22)17-8-7-10-21-17/h6-12,20-22H,5,13H2,1-4H3/b9-6-. The molecule has 0 spiro atoms. The summed E-state index contributed by atoms with van der Waals surface area (Å²) in [5.74, 6) is 0.341. The molecule has 1 heterocycles. The van der Waals surface area contributed by atoms with Crippen LogP contribution in [0.2, 0.25) is 0 Å². The van der Waals surface area contributed by atoms with E-state index in [0.29, 0.717) is 12.3 Å². The molecule has 1 aromatic heterocycles. The fourth-order valence-corrected chi connectivity index (χ4v) is 2.34. The van der Waals surface area contributed by atoms with Crippen molar-refractivity contribution in [2.45, 2.75) is 46.1 Å². The summed E-state index contributed by atoms with van der Waals surface area (Å²) < 4.78 is 0. The third-order valence-corrected chi connectivity index (χ3v) is 3.71. The SMILES string of the molecule is CC/C=C\NCc1cc(C(C)(C)C)cc(-c2ccc[nH]2)c1O. The Labute approximate surface area is 133 Å². The van der Waals surface area contributed by atoms with Gasteiger partial charge in [0, 0.05) is 29.6 Å². The predicted octanol–water partition coefficient (Wildman–Crippen LogP) is 4.70. The van der Waals surface area contributed by atoms with E-state index in [9.17, 15) is 5.11 Å². The number of allylic oxidation sites excluding steroid dienone is 1. The molecule has 0 unspecified atom stereocenters. The zero-order chi connectivity index (χ0) is 16.2. The number of aromatic hydroxyl groups is 1. The zero-order valence-corrected chi connectivity index (χ0v) is 13.9. The normalized spacial score (nSPS) is 12.0. The summed E-state index contributed by atoms with van der Waals surface area (Å²) in [4.78, 5) is 3.18. The first-order chi connectivity index (χ1) is 10.4. The van der Waals surface area contributed by atoms with Gasteiger partial charge in [-0.05, 0) is 47.9 Å². The molecule has 2 aromatic rings. The van der Waals surface area contributed by atoms with Crippen LogP contribution < -0.4 is 5.32 Å². The lowest BCUT2D eigenvalue weighted by atomic mass is 9.84. The van der Waals surface area contributed by atoms with Gasteiger partial charge in [-0.15, -0.1) is 0 Å². The highest BCUT2D eigenvalue weighted by Crippen LogP contribution is 2.36. The highest BCUT2D eigenvalue weighted by Gasteiger charge is 2.19. The largest absolute Gasteiger partial charge is 0.507 e. The van der Waals surface area contributed by atoms with Crippen molar-refractivity contribution < 1.29 is 5.11 Å². The maximum atomic E-state index is 10.6. The summed E-state index contributed by atoms with van der Waals surface area (Å²) in [5.41, 5.74) is 3.95. The van der Waals surface area contributed by atoms with Crippen molar-refractivity contribution in [2.24, 2.45) is 0 Å². The third-order valence-electron chi connectivity index (χ3n) is 3.71. The van der Waals surface area contributed by atoms with Crippen molar-refractivity contribution in [3.8, 4) is 17.0 Å². The second kappa shape index (κ2) is 6.73. The Morgan fingerprint density at radius 3 is 2.64 bits per heavy atom. The van der Waals surface area contributed by atoms with Crippen LogP contribution in [0.5, 0.6) is 5.75 Å². The van der Waals surface area contributed by atoms with E-state index in [-0.39, 0.29) is 5.41 Å². The quantitative estimate of drug-likeness (QED) is 0.749. The summed E-state index contributed by atoms with van der Waals surface area (Å²) in [6.07, 6.45) is 6.88. The molecule has 3 heteroatoms. The molecule has 1 aromatic carbocycles. The van der Waals surface area contributed by atoms with Crippen molar-refractivity contribution in [1.29, 1.82) is 0 Å². The predicted molar refractivity (Wildman–Crippen MR) is 92.9 cm³/mol. The molecular formula is C19H26N2O. The number of phenolic OH excluding ortho intramolecular Hbond substituents is 1. The van der Waals surface area contributed by atoms with E-state index in [0.717, 1.165) is 23.2 Å². The summed E-state index contributed by atoms with van der Waals surface area (Å²) >= 11 is 0. The number of phenols is 1. The van der Waals surface area contributed by atoms with Crippen LogP contribution in [0.4, 0.5) is 0 Å². The molecule has 0 aliphatic heterocycles. The summed E-state index contributed by atoms with van der Waals surface area (Å²) in [6.45, 7) is 9.27. The Bertz CT molecular complexity index is 634. The van der Waals surface area contributed by atoms with E-state index in [1.165, 1.54) is 5.56 Å². The monoisotopic (exact) mass is 298 g/mol. The molecule has 0 aliphatic carbocycles. The van der Waals surface area contributed by atoms with E-state index in [1.54, 1.807) is 0 Å². The van der Waals surface area contributed by atoms with Crippen molar-refractivity contribution in [3.05, 3.63) is 53.9 Å². The van der Waals surface area contributed by atoms with Crippen LogP contribution in [0.1, 0.15) is 45.2 Å². The fraction of sp³-hybridized carbons (Fsp3) is 0.368. The maximum Gasteiger partial charge on any atom is 0.129 e. The first-order valence-corrected chi connectivity index (χ1v) is 7.82. The molecule has 0 fully saturated rings. The lowest BCUT2D eigenvalue weighted by molar-refractivity contribution is 0.467. The molecule has 0 radical (unpaired) electrons. The van der Waals surface area contributed by atoms with Gasteiger partial charge in [-0.25, -0.2) is 0 Å². The lowest BCUT2D eigenvalue weighted by Gasteiger charge is -2.22. The number of benzene rings is 1. The average Bonchev–Trinajstić information content (AvgIpc) is 2.98. The zero-order valence-electron chi connectivity index (χ0n) is 13.9. The number of nitrogens with one attached hydrogen (secondary N) is 2. The molecular weight excluding hydrogens is 272 g/mol. The van der Waals surface area contributed by atoms with Crippen molar-refractivity contribution in [3.63, 3.8) is 0 Å². The number of rotatable bonds is 5. The number of aromatic amines is 1. The Morgan fingerprint density at radius 2 is 2.05 bits per heavy atom. The highest BCUT2D eigenvalue weighted by molar-refractivity contribution is 5.70. The van der Waals surface area contributed by atoms with Gasteiger partial charge >= 0.3 is 0 Å². The van der Waals surface area contributed by atoms with Crippen LogP contribution in [0.15, 0.2) is 42.7 Å².